The third-order valence-electron chi connectivity index (χ3n) is 1.57. The van der Waals surface area contributed by atoms with Crippen molar-refractivity contribution < 1.29 is 13.6 Å². The standard InChI is InChI=1S/C8H14F2O/c1-4-5-7(11)8(9,10)6(2)3/h6H,4-5H2,1-3H3. The van der Waals surface area contributed by atoms with Crippen LogP contribution < -0.4 is 0 Å². The van der Waals surface area contributed by atoms with E-state index in [4.69, 9.17) is 0 Å². The van der Waals surface area contributed by atoms with E-state index in [0.717, 1.165) is 0 Å². The highest BCUT2D eigenvalue weighted by Gasteiger charge is 2.40. The molecule has 1 nitrogen and oxygen atoms in total. The second-order valence-corrected chi connectivity index (χ2v) is 2.95. The molecule has 0 rings (SSSR count). The Morgan fingerprint density at radius 1 is 1.45 bits per heavy atom. The SMILES string of the molecule is CCCC(=O)C(F)(F)C(C)C. The highest BCUT2D eigenvalue weighted by molar-refractivity contribution is 5.85. The summed E-state index contributed by atoms with van der Waals surface area (Å²) >= 11 is 0. The first kappa shape index (κ1) is 10.5. The Bertz CT molecular complexity index is 141. The normalized spacial score (nSPS) is 12.2. The Hall–Kier alpha value is -0.470. The van der Waals surface area contributed by atoms with Crippen molar-refractivity contribution in [3.63, 3.8) is 0 Å². The molecule has 0 N–H and O–H groups in total. The fourth-order valence-electron chi connectivity index (χ4n) is 0.716. The Kier molecular flexibility index (Phi) is 3.63. The van der Waals surface area contributed by atoms with Crippen LogP contribution in [0.4, 0.5) is 8.78 Å². The molecule has 0 unspecified atom stereocenters. The molecule has 0 radical (unpaired) electrons. The lowest BCUT2D eigenvalue weighted by Gasteiger charge is -2.17. The molecule has 3 heteroatoms. The zero-order valence-electron chi connectivity index (χ0n) is 7.16. The van der Waals surface area contributed by atoms with Crippen LogP contribution in [0.1, 0.15) is 33.6 Å². The number of carbonyl (C=O) groups excluding carboxylic acids is 1. The van der Waals surface area contributed by atoms with Gasteiger partial charge in [0.2, 0.25) is 5.78 Å². The van der Waals surface area contributed by atoms with E-state index in [1.165, 1.54) is 13.8 Å². The molecule has 0 amide bonds. The van der Waals surface area contributed by atoms with Crippen LogP contribution in [0.5, 0.6) is 0 Å². The van der Waals surface area contributed by atoms with Gasteiger partial charge in [-0.15, -0.1) is 0 Å². The van der Waals surface area contributed by atoms with Crippen molar-refractivity contribution in [2.75, 3.05) is 0 Å². The van der Waals surface area contributed by atoms with Gasteiger partial charge >= 0.3 is 5.92 Å². The summed E-state index contributed by atoms with van der Waals surface area (Å²) in [5.74, 6) is -4.95. The van der Waals surface area contributed by atoms with Crippen LogP contribution >= 0.6 is 0 Å². The maximum absolute atomic E-state index is 12.8. The van der Waals surface area contributed by atoms with Crippen molar-refractivity contribution in [1.29, 1.82) is 0 Å². The summed E-state index contributed by atoms with van der Waals surface area (Å²) < 4.78 is 25.6. The van der Waals surface area contributed by atoms with Crippen LogP contribution in [0.3, 0.4) is 0 Å². The molecule has 0 aliphatic heterocycles. The van der Waals surface area contributed by atoms with E-state index in [9.17, 15) is 13.6 Å². The summed E-state index contributed by atoms with van der Waals surface area (Å²) in [5.41, 5.74) is 0. The first-order valence-electron chi connectivity index (χ1n) is 3.84. The minimum absolute atomic E-state index is 0.0226. The van der Waals surface area contributed by atoms with Gasteiger partial charge in [-0.05, 0) is 6.42 Å². The van der Waals surface area contributed by atoms with Gasteiger partial charge in [-0.3, -0.25) is 4.79 Å². The zero-order chi connectivity index (χ0) is 9.07. The second kappa shape index (κ2) is 3.79. The van der Waals surface area contributed by atoms with Gasteiger partial charge in [-0.25, -0.2) is 0 Å². The first-order valence-corrected chi connectivity index (χ1v) is 3.84. The number of alkyl halides is 2. The van der Waals surface area contributed by atoms with E-state index in [-0.39, 0.29) is 6.42 Å². The largest absolute Gasteiger partial charge is 0.307 e. The van der Waals surface area contributed by atoms with E-state index < -0.39 is 17.6 Å². The topological polar surface area (TPSA) is 17.1 Å². The fourth-order valence-corrected chi connectivity index (χ4v) is 0.716. The van der Waals surface area contributed by atoms with Gasteiger partial charge in [0.15, 0.2) is 0 Å². The minimum atomic E-state index is -3.13. The van der Waals surface area contributed by atoms with Gasteiger partial charge < -0.3 is 0 Å². The lowest BCUT2D eigenvalue weighted by atomic mass is 9.99. The van der Waals surface area contributed by atoms with Gasteiger partial charge in [-0.2, -0.15) is 8.78 Å². The van der Waals surface area contributed by atoms with E-state index in [1.54, 1.807) is 6.92 Å². The maximum Gasteiger partial charge on any atom is 0.307 e. The molecule has 0 aromatic rings. The molecule has 0 aliphatic rings. The second-order valence-electron chi connectivity index (χ2n) is 2.95. The fraction of sp³-hybridized carbons (Fsp3) is 0.875. The van der Waals surface area contributed by atoms with Crippen molar-refractivity contribution in [2.45, 2.75) is 39.5 Å². The average molecular weight is 164 g/mol. The lowest BCUT2D eigenvalue weighted by Crippen LogP contribution is -2.34. The number of Topliss-reactive ketones (excluding diaryl/α,β-unsaturated/α-hetero) is 1. The molecule has 0 saturated carbocycles. The van der Waals surface area contributed by atoms with Gasteiger partial charge in [0, 0.05) is 12.3 Å². The lowest BCUT2D eigenvalue weighted by molar-refractivity contribution is -0.149. The first-order chi connectivity index (χ1) is 4.92. The smallest absolute Gasteiger partial charge is 0.293 e. The zero-order valence-corrected chi connectivity index (χ0v) is 7.16. The minimum Gasteiger partial charge on any atom is -0.293 e. The molecular weight excluding hydrogens is 150 g/mol. The highest BCUT2D eigenvalue weighted by atomic mass is 19.3. The Morgan fingerprint density at radius 3 is 2.18 bits per heavy atom. The number of hydrogen-bond donors (Lipinski definition) is 0. The summed E-state index contributed by atoms with van der Waals surface area (Å²) in [6.45, 7) is 4.43. The average Bonchev–Trinajstić information content (AvgIpc) is 1.88. The van der Waals surface area contributed by atoms with Crippen LogP contribution in [0.15, 0.2) is 0 Å². The molecule has 0 atom stereocenters. The van der Waals surface area contributed by atoms with E-state index in [1.807, 2.05) is 0 Å². The van der Waals surface area contributed by atoms with Crippen LogP contribution in [0, 0.1) is 5.92 Å². The van der Waals surface area contributed by atoms with Gasteiger partial charge in [0.25, 0.3) is 0 Å². The Balaban J connectivity index is 4.18. The highest BCUT2D eigenvalue weighted by Crippen LogP contribution is 2.26. The predicted octanol–water partition coefficient (Wildman–Crippen LogP) is 2.65. The summed E-state index contributed by atoms with van der Waals surface area (Å²) in [5, 5.41) is 0. The third-order valence-corrected chi connectivity index (χ3v) is 1.57. The molecule has 0 fully saturated rings. The molecule has 0 aromatic heterocycles. The van der Waals surface area contributed by atoms with Gasteiger partial charge in [-0.1, -0.05) is 20.8 Å². The van der Waals surface area contributed by atoms with Crippen molar-refractivity contribution in [3.8, 4) is 0 Å². The van der Waals surface area contributed by atoms with E-state index in [0.29, 0.717) is 6.42 Å². The molecule has 0 spiro atoms. The van der Waals surface area contributed by atoms with Gasteiger partial charge in [0.1, 0.15) is 0 Å². The molecule has 0 bridgehead atoms. The molecule has 0 saturated heterocycles. The monoisotopic (exact) mass is 164 g/mol. The summed E-state index contributed by atoms with van der Waals surface area (Å²) in [6.07, 6.45) is 0.465. The van der Waals surface area contributed by atoms with E-state index >= 15 is 0 Å². The Labute approximate surface area is 65.8 Å². The summed E-state index contributed by atoms with van der Waals surface area (Å²) in [4.78, 5) is 10.8. The number of carbonyl (C=O) groups is 1. The van der Waals surface area contributed by atoms with Gasteiger partial charge in [0.05, 0.1) is 0 Å². The van der Waals surface area contributed by atoms with Crippen LogP contribution in [-0.2, 0) is 4.79 Å². The van der Waals surface area contributed by atoms with Crippen molar-refractivity contribution in [1.82, 2.24) is 0 Å². The molecular formula is C8H14F2O. The molecule has 0 aromatic carbocycles. The maximum atomic E-state index is 12.8. The van der Waals surface area contributed by atoms with Crippen LogP contribution in [-0.4, -0.2) is 11.7 Å². The number of ketones is 1. The predicted molar refractivity (Wildman–Crippen MR) is 39.7 cm³/mol. The quantitative estimate of drug-likeness (QED) is 0.624. The van der Waals surface area contributed by atoms with E-state index in [2.05, 4.69) is 0 Å². The van der Waals surface area contributed by atoms with Crippen molar-refractivity contribution in [3.05, 3.63) is 0 Å². The molecule has 0 heterocycles. The number of rotatable bonds is 4. The molecule has 0 aliphatic carbocycles. The van der Waals surface area contributed by atoms with Crippen LogP contribution in [0.2, 0.25) is 0 Å². The third kappa shape index (κ3) is 2.56. The number of halogens is 2. The van der Waals surface area contributed by atoms with Crippen LogP contribution in [0.25, 0.3) is 0 Å². The molecule has 11 heavy (non-hydrogen) atoms. The van der Waals surface area contributed by atoms with Crippen molar-refractivity contribution >= 4 is 5.78 Å². The Morgan fingerprint density at radius 2 is 1.91 bits per heavy atom. The summed E-state index contributed by atoms with van der Waals surface area (Å²) in [6, 6.07) is 0. The summed E-state index contributed by atoms with van der Waals surface area (Å²) in [7, 11) is 0. The molecule has 66 valence electrons. The number of hydrogen-bond acceptors (Lipinski definition) is 1. The van der Waals surface area contributed by atoms with Crippen molar-refractivity contribution in [2.24, 2.45) is 5.92 Å².